The number of unbranched alkanes of at least 4 members (excludes halogenated alkanes) is 1. The van der Waals surface area contributed by atoms with Gasteiger partial charge in [0.15, 0.2) is 5.82 Å². The molecule has 0 aromatic carbocycles. The molecule has 1 aromatic heterocycles. The molecule has 0 bridgehead atoms. The van der Waals surface area contributed by atoms with Crippen LogP contribution < -0.4 is 11.1 Å². The topological polar surface area (TPSA) is 63.8 Å². The van der Waals surface area contributed by atoms with E-state index in [1.807, 2.05) is 11.8 Å². The Balaban J connectivity index is 2.33. The van der Waals surface area contributed by atoms with Crippen LogP contribution in [0.5, 0.6) is 0 Å². The molecule has 0 saturated heterocycles. The van der Waals surface area contributed by atoms with Gasteiger partial charge in [0.05, 0.1) is 11.9 Å². The van der Waals surface area contributed by atoms with Gasteiger partial charge in [-0.15, -0.1) is 0 Å². The zero-order chi connectivity index (χ0) is 11.1. The fourth-order valence-corrected chi connectivity index (χ4v) is 1.72. The first-order valence-electron chi connectivity index (χ1n) is 4.75. The minimum absolute atomic E-state index is 0.218. The highest BCUT2D eigenvalue weighted by Crippen LogP contribution is 2.15. The normalized spacial score (nSPS) is 10.3. The van der Waals surface area contributed by atoms with Crippen molar-refractivity contribution in [1.82, 2.24) is 9.97 Å². The summed E-state index contributed by atoms with van der Waals surface area (Å²) in [5, 5.41) is 3.36. The summed E-state index contributed by atoms with van der Waals surface area (Å²) in [6.45, 7) is 0.859. The van der Waals surface area contributed by atoms with Crippen LogP contribution in [0.2, 0.25) is 5.28 Å². The maximum absolute atomic E-state index is 5.68. The first kappa shape index (κ1) is 12.4. The summed E-state index contributed by atoms with van der Waals surface area (Å²) in [7, 11) is 0. The van der Waals surface area contributed by atoms with Crippen LogP contribution in [0.25, 0.3) is 0 Å². The molecule has 0 aliphatic rings. The first-order chi connectivity index (χ1) is 7.24. The standard InChI is InChI=1S/C9H15ClN4S/c1-15-5-3-2-4-12-8-7(11)6-13-9(10)14-8/h6H,2-5,11H2,1H3,(H,12,13,14). The van der Waals surface area contributed by atoms with Gasteiger partial charge in [0.25, 0.3) is 0 Å². The van der Waals surface area contributed by atoms with Crippen molar-refractivity contribution in [2.45, 2.75) is 12.8 Å². The molecule has 84 valence electrons. The lowest BCUT2D eigenvalue weighted by molar-refractivity contribution is 0.839. The summed E-state index contributed by atoms with van der Waals surface area (Å²) in [5.74, 6) is 1.81. The molecule has 1 heterocycles. The highest BCUT2D eigenvalue weighted by atomic mass is 35.5. The summed E-state index contributed by atoms with van der Waals surface area (Å²) in [6, 6.07) is 0. The molecule has 0 unspecified atom stereocenters. The minimum Gasteiger partial charge on any atom is -0.394 e. The number of halogens is 1. The first-order valence-corrected chi connectivity index (χ1v) is 6.52. The Bertz CT molecular complexity index is 308. The smallest absolute Gasteiger partial charge is 0.224 e. The van der Waals surface area contributed by atoms with Gasteiger partial charge in [-0.1, -0.05) is 0 Å². The number of nitrogen functional groups attached to an aromatic ring is 1. The van der Waals surface area contributed by atoms with Crippen molar-refractivity contribution < 1.29 is 0 Å². The number of nitrogens with two attached hydrogens (primary N) is 1. The molecule has 0 aliphatic carbocycles. The van der Waals surface area contributed by atoms with Crippen molar-refractivity contribution in [1.29, 1.82) is 0 Å². The molecule has 6 heteroatoms. The lowest BCUT2D eigenvalue weighted by Crippen LogP contribution is -2.07. The molecule has 0 amide bonds. The molecule has 3 N–H and O–H groups in total. The van der Waals surface area contributed by atoms with Crippen molar-refractivity contribution in [3.8, 4) is 0 Å². The van der Waals surface area contributed by atoms with Crippen LogP contribution in [-0.2, 0) is 0 Å². The van der Waals surface area contributed by atoms with Crippen LogP contribution in [-0.4, -0.2) is 28.5 Å². The summed E-state index contributed by atoms with van der Waals surface area (Å²) in [5.41, 5.74) is 6.21. The van der Waals surface area contributed by atoms with E-state index in [0.29, 0.717) is 11.5 Å². The molecule has 0 spiro atoms. The van der Waals surface area contributed by atoms with Gasteiger partial charge in [-0.05, 0) is 36.5 Å². The number of nitrogens with zero attached hydrogens (tertiary/aromatic N) is 2. The highest BCUT2D eigenvalue weighted by Gasteiger charge is 2.01. The fraction of sp³-hybridized carbons (Fsp3) is 0.556. The molecular weight excluding hydrogens is 232 g/mol. The lowest BCUT2D eigenvalue weighted by Gasteiger charge is -2.07. The molecule has 0 atom stereocenters. The Hall–Kier alpha value is -0.680. The van der Waals surface area contributed by atoms with Crippen LogP contribution in [0.1, 0.15) is 12.8 Å². The molecule has 0 aliphatic heterocycles. The predicted molar refractivity (Wildman–Crippen MR) is 67.6 cm³/mol. The number of thioether (sulfide) groups is 1. The number of anilines is 2. The molecule has 1 rings (SSSR count). The third-order valence-electron chi connectivity index (χ3n) is 1.86. The Labute approximate surface area is 99.0 Å². The molecule has 0 fully saturated rings. The maximum atomic E-state index is 5.68. The van der Waals surface area contributed by atoms with Crippen LogP contribution >= 0.6 is 23.4 Å². The molecular formula is C9H15ClN4S. The fourth-order valence-electron chi connectivity index (χ4n) is 1.09. The van der Waals surface area contributed by atoms with E-state index in [1.54, 1.807) is 0 Å². The largest absolute Gasteiger partial charge is 0.394 e. The second-order valence-electron chi connectivity index (χ2n) is 3.07. The van der Waals surface area contributed by atoms with Crippen molar-refractivity contribution in [3.63, 3.8) is 0 Å². The van der Waals surface area contributed by atoms with E-state index in [4.69, 9.17) is 17.3 Å². The van der Waals surface area contributed by atoms with E-state index < -0.39 is 0 Å². The van der Waals surface area contributed by atoms with Gasteiger partial charge < -0.3 is 11.1 Å². The van der Waals surface area contributed by atoms with E-state index in [2.05, 4.69) is 21.5 Å². The van der Waals surface area contributed by atoms with Gasteiger partial charge in [0.2, 0.25) is 5.28 Å². The zero-order valence-corrected chi connectivity index (χ0v) is 10.2. The van der Waals surface area contributed by atoms with Crippen LogP contribution in [0, 0.1) is 0 Å². The minimum atomic E-state index is 0.218. The Morgan fingerprint density at radius 3 is 3.07 bits per heavy atom. The number of rotatable bonds is 6. The van der Waals surface area contributed by atoms with Gasteiger partial charge in [0.1, 0.15) is 0 Å². The third-order valence-corrected chi connectivity index (χ3v) is 2.73. The van der Waals surface area contributed by atoms with E-state index in [9.17, 15) is 0 Å². The van der Waals surface area contributed by atoms with Crippen LogP contribution in [0.15, 0.2) is 6.20 Å². The Morgan fingerprint density at radius 2 is 2.33 bits per heavy atom. The molecule has 15 heavy (non-hydrogen) atoms. The molecule has 0 radical (unpaired) electrons. The van der Waals surface area contributed by atoms with E-state index >= 15 is 0 Å². The van der Waals surface area contributed by atoms with E-state index in [1.165, 1.54) is 18.4 Å². The molecule has 0 saturated carbocycles. The monoisotopic (exact) mass is 246 g/mol. The maximum Gasteiger partial charge on any atom is 0.224 e. The lowest BCUT2D eigenvalue weighted by atomic mass is 10.3. The second-order valence-corrected chi connectivity index (χ2v) is 4.39. The number of aromatic nitrogens is 2. The Kier molecular flexibility index (Phi) is 5.57. The van der Waals surface area contributed by atoms with Crippen molar-refractivity contribution in [3.05, 3.63) is 11.5 Å². The van der Waals surface area contributed by atoms with Gasteiger partial charge in [-0.3, -0.25) is 0 Å². The van der Waals surface area contributed by atoms with Gasteiger partial charge in [0, 0.05) is 6.54 Å². The van der Waals surface area contributed by atoms with Crippen molar-refractivity contribution >= 4 is 34.9 Å². The Morgan fingerprint density at radius 1 is 1.53 bits per heavy atom. The zero-order valence-electron chi connectivity index (χ0n) is 8.66. The highest BCUT2D eigenvalue weighted by molar-refractivity contribution is 7.98. The third kappa shape index (κ3) is 4.57. The summed E-state index contributed by atoms with van der Waals surface area (Å²) < 4.78 is 0. The summed E-state index contributed by atoms with van der Waals surface area (Å²) in [6.07, 6.45) is 5.91. The summed E-state index contributed by atoms with van der Waals surface area (Å²) in [4.78, 5) is 7.79. The SMILES string of the molecule is CSCCCCNc1nc(Cl)ncc1N. The predicted octanol–water partition coefficient (Wildman–Crippen LogP) is 2.27. The van der Waals surface area contributed by atoms with Crippen molar-refractivity contribution in [2.24, 2.45) is 0 Å². The van der Waals surface area contributed by atoms with Crippen LogP contribution in [0.3, 0.4) is 0 Å². The van der Waals surface area contributed by atoms with Gasteiger partial charge in [-0.2, -0.15) is 16.7 Å². The number of nitrogens with one attached hydrogen (secondary N) is 1. The van der Waals surface area contributed by atoms with E-state index in [0.717, 1.165) is 13.0 Å². The van der Waals surface area contributed by atoms with E-state index in [-0.39, 0.29) is 5.28 Å². The van der Waals surface area contributed by atoms with Gasteiger partial charge >= 0.3 is 0 Å². The van der Waals surface area contributed by atoms with Crippen LogP contribution in [0.4, 0.5) is 11.5 Å². The summed E-state index contributed by atoms with van der Waals surface area (Å²) >= 11 is 7.51. The number of hydrogen-bond donors (Lipinski definition) is 2. The van der Waals surface area contributed by atoms with Gasteiger partial charge in [-0.25, -0.2) is 4.98 Å². The average Bonchev–Trinajstić information content (AvgIpc) is 2.23. The molecule has 1 aromatic rings. The average molecular weight is 247 g/mol. The number of hydrogen-bond acceptors (Lipinski definition) is 5. The van der Waals surface area contributed by atoms with Crippen molar-refractivity contribution in [2.75, 3.05) is 29.6 Å². The molecule has 4 nitrogen and oxygen atoms in total. The quantitative estimate of drug-likeness (QED) is 0.596. The second kappa shape index (κ2) is 6.74.